The predicted molar refractivity (Wildman–Crippen MR) is 188 cm³/mol. The van der Waals surface area contributed by atoms with E-state index in [1.54, 1.807) is 30.2 Å². The van der Waals surface area contributed by atoms with Crippen molar-refractivity contribution in [3.8, 4) is 5.75 Å². The average Bonchev–Trinajstić information content (AvgIpc) is 3.19. The molecule has 1 saturated carbocycles. The molecule has 0 radical (unpaired) electrons. The molecule has 2 aliphatic carbocycles. The van der Waals surface area contributed by atoms with Gasteiger partial charge >= 0.3 is 6.09 Å². The summed E-state index contributed by atoms with van der Waals surface area (Å²) in [4.78, 5) is 30.2. The second kappa shape index (κ2) is 14.1. The number of hydrogen-bond acceptors (Lipinski definition) is 9. The molecule has 2 amide bonds. The summed E-state index contributed by atoms with van der Waals surface area (Å²) in [6.07, 6.45) is 7.25. The number of rotatable bonds is 4. The summed E-state index contributed by atoms with van der Waals surface area (Å²) >= 11 is 6.43. The van der Waals surface area contributed by atoms with Gasteiger partial charge in [-0.3, -0.25) is 4.79 Å². The maximum Gasteiger partial charge on any atom is 0.410 e. The highest BCUT2D eigenvalue weighted by Crippen LogP contribution is 2.47. The Labute approximate surface area is 294 Å². The van der Waals surface area contributed by atoms with E-state index in [-0.39, 0.29) is 28.8 Å². The minimum absolute atomic E-state index is 0.0232. The molecule has 2 N–H and O–H groups in total. The molecular formula is C36H47ClN4O7S. The highest BCUT2D eigenvalue weighted by Gasteiger charge is 2.45. The number of anilines is 1. The Bertz CT molecular complexity index is 1720. The van der Waals surface area contributed by atoms with E-state index < -0.39 is 33.7 Å². The summed E-state index contributed by atoms with van der Waals surface area (Å²) in [7, 11) is -0.687. The second-order valence-corrected chi connectivity index (χ2v) is 16.4. The third-order valence-corrected chi connectivity index (χ3v) is 12.1. The van der Waals surface area contributed by atoms with Crippen LogP contribution in [0.1, 0.15) is 50.7 Å². The van der Waals surface area contributed by atoms with Gasteiger partial charge in [-0.25, -0.2) is 17.9 Å². The molecule has 1 spiro atoms. The number of likely N-dealkylation sites (N-methyl/N-ethyl adjacent to an activating group) is 2. The highest BCUT2D eigenvalue weighted by molar-refractivity contribution is 7.90. The van der Waals surface area contributed by atoms with Crippen molar-refractivity contribution in [2.24, 2.45) is 11.8 Å². The van der Waals surface area contributed by atoms with Gasteiger partial charge in [0.1, 0.15) is 17.5 Å². The number of hydrogen-bond donors (Lipinski definition) is 2. The van der Waals surface area contributed by atoms with Gasteiger partial charge < -0.3 is 29.3 Å². The molecule has 2 aliphatic heterocycles. The second-order valence-electron chi connectivity index (χ2n) is 14.3. The fraction of sp³-hybridized carbons (Fsp3) is 0.556. The van der Waals surface area contributed by atoms with E-state index in [0.717, 1.165) is 32.1 Å². The number of fused-ring (bicyclic) bond motifs is 4. The van der Waals surface area contributed by atoms with Crippen LogP contribution >= 0.6 is 11.6 Å². The Kier molecular flexibility index (Phi) is 10.2. The molecule has 0 aromatic heterocycles. The number of benzene rings is 2. The van der Waals surface area contributed by atoms with Gasteiger partial charge in [-0.2, -0.15) is 0 Å². The van der Waals surface area contributed by atoms with Crippen LogP contribution in [0.3, 0.4) is 0 Å². The number of halogens is 1. The smallest absolute Gasteiger partial charge is 0.410 e. The fourth-order valence-electron chi connectivity index (χ4n) is 7.46. The molecule has 1 fully saturated rings. The van der Waals surface area contributed by atoms with Crippen LogP contribution in [0.5, 0.6) is 5.75 Å². The molecule has 2 bridgehead atoms. The monoisotopic (exact) mass is 714 g/mol. The zero-order chi connectivity index (χ0) is 35.0. The van der Waals surface area contributed by atoms with Crippen LogP contribution in [0.2, 0.25) is 5.02 Å². The third kappa shape index (κ3) is 7.43. The molecule has 4 atom stereocenters. The number of nitrogens with one attached hydrogen (secondary N) is 2. The summed E-state index contributed by atoms with van der Waals surface area (Å²) in [5, 5.41) is 3.76. The summed E-state index contributed by atoms with van der Waals surface area (Å²) in [5.74, 6) is -0.0415. The van der Waals surface area contributed by atoms with E-state index in [2.05, 4.69) is 21.0 Å². The molecule has 2 aromatic rings. The van der Waals surface area contributed by atoms with Gasteiger partial charge in [-0.1, -0.05) is 23.7 Å². The van der Waals surface area contributed by atoms with Crippen LogP contribution in [0.25, 0.3) is 0 Å². The van der Waals surface area contributed by atoms with Crippen molar-refractivity contribution in [2.45, 2.75) is 68.0 Å². The molecule has 266 valence electrons. The lowest BCUT2D eigenvalue weighted by Crippen LogP contribution is -2.50. The molecule has 2 aromatic carbocycles. The van der Waals surface area contributed by atoms with E-state index >= 15 is 0 Å². The molecule has 0 unspecified atom stereocenters. The standard InChI is InChI=1S/C36H47ClN4O7S/c1-35(2)33(42)39-49(44,45)27-11-14-32-30(20-27)41(22-36(23-46-32)15-5-7-24-19-26(37)10-13-29(24)36)21-25-9-12-28(25)31(8-6-18-47-35)48-34(43)40(4)17-16-38-3/h6,8,10-11,13-14,19-20,25,28,31,38H,5,7,9,12,15-18,21-23H2,1-4H3,(H,39,42)/t25-,28+,31-,36-/m0/s1. The van der Waals surface area contributed by atoms with Gasteiger partial charge in [0.2, 0.25) is 0 Å². The minimum atomic E-state index is -4.24. The van der Waals surface area contributed by atoms with Crippen molar-refractivity contribution in [1.82, 2.24) is 14.9 Å². The SMILES string of the molecule is CNCCN(C)C(=O)O[C@H]1C=CCOC(C)(C)C(=O)NS(=O)(=O)c2ccc3c(c2)N(C[C@@H]2CC[C@H]21)C[C@@]1(CCCc2cc(Cl)ccc21)CO3. The van der Waals surface area contributed by atoms with Crippen LogP contribution in [0, 0.1) is 11.8 Å². The molecule has 6 rings (SSSR count). The molecule has 11 nitrogen and oxygen atoms in total. The van der Waals surface area contributed by atoms with Crippen molar-refractivity contribution in [1.29, 1.82) is 0 Å². The van der Waals surface area contributed by atoms with Gasteiger partial charge in [0.25, 0.3) is 15.9 Å². The first-order chi connectivity index (χ1) is 23.3. The van der Waals surface area contributed by atoms with Gasteiger partial charge in [0.15, 0.2) is 0 Å². The first-order valence-electron chi connectivity index (χ1n) is 17.1. The Morgan fingerprint density at radius 1 is 1.20 bits per heavy atom. The Balaban J connectivity index is 1.40. The zero-order valence-corrected chi connectivity index (χ0v) is 30.2. The van der Waals surface area contributed by atoms with Crippen molar-refractivity contribution in [3.05, 3.63) is 64.7 Å². The van der Waals surface area contributed by atoms with Crippen molar-refractivity contribution in [3.63, 3.8) is 0 Å². The summed E-state index contributed by atoms with van der Waals surface area (Å²) < 4.78 is 48.0. The number of carbonyl (C=O) groups is 2. The fourth-order valence-corrected chi connectivity index (χ4v) is 8.78. The van der Waals surface area contributed by atoms with Gasteiger partial charge in [0, 0.05) is 49.6 Å². The maximum absolute atomic E-state index is 13.6. The lowest BCUT2D eigenvalue weighted by molar-refractivity contribution is -0.139. The Hall–Kier alpha value is -3.32. The molecule has 0 saturated heterocycles. The zero-order valence-electron chi connectivity index (χ0n) is 28.7. The minimum Gasteiger partial charge on any atom is -0.490 e. The molecular weight excluding hydrogens is 668 g/mol. The normalized spacial score (nSPS) is 27.4. The lowest BCUT2D eigenvalue weighted by atomic mass is 9.68. The average molecular weight is 715 g/mol. The third-order valence-electron chi connectivity index (χ3n) is 10.6. The molecule has 13 heteroatoms. The van der Waals surface area contributed by atoms with E-state index in [1.807, 2.05) is 25.3 Å². The van der Waals surface area contributed by atoms with Crippen LogP contribution in [0.4, 0.5) is 10.5 Å². The van der Waals surface area contributed by atoms with Crippen LogP contribution in [-0.2, 0) is 36.1 Å². The molecule has 49 heavy (non-hydrogen) atoms. The topological polar surface area (TPSA) is 127 Å². The van der Waals surface area contributed by atoms with Gasteiger partial charge in [-0.15, -0.1) is 0 Å². The first kappa shape index (κ1) is 35.5. The summed E-state index contributed by atoms with van der Waals surface area (Å²) in [6.45, 7) is 5.82. The number of amides is 2. The summed E-state index contributed by atoms with van der Waals surface area (Å²) in [5.41, 5.74) is 1.25. The number of carbonyl (C=O) groups excluding carboxylic acids is 2. The lowest BCUT2D eigenvalue weighted by Gasteiger charge is -2.46. The first-order valence-corrected chi connectivity index (χ1v) is 18.9. The van der Waals surface area contributed by atoms with E-state index in [0.29, 0.717) is 49.2 Å². The van der Waals surface area contributed by atoms with E-state index in [1.165, 1.54) is 31.0 Å². The van der Waals surface area contributed by atoms with Crippen molar-refractivity contribution >= 4 is 39.3 Å². The highest BCUT2D eigenvalue weighted by atomic mass is 35.5. The van der Waals surface area contributed by atoms with Crippen LogP contribution in [-0.4, -0.2) is 90.5 Å². The van der Waals surface area contributed by atoms with Crippen LogP contribution < -0.4 is 19.7 Å². The largest absolute Gasteiger partial charge is 0.490 e. The van der Waals surface area contributed by atoms with Crippen LogP contribution in [0.15, 0.2) is 53.4 Å². The van der Waals surface area contributed by atoms with E-state index in [9.17, 15) is 18.0 Å². The van der Waals surface area contributed by atoms with Crippen molar-refractivity contribution in [2.75, 3.05) is 58.4 Å². The number of sulfonamides is 1. The van der Waals surface area contributed by atoms with Crippen molar-refractivity contribution < 1.29 is 32.2 Å². The van der Waals surface area contributed by atoms with Gasteiger partial charge in [0.05, 0.1) is 23.8 Å². The Morgan fingerprint density at radius 2 is 2.02 bits per heavy atom. The summed E-state index contributed by atoms with van der Waals surface area (Å²) in [6, 6.07) is 10.9. The molecule has 4 aliphatic rings. The molecule has 2 heterocycles. The number of aryl methyl sites for hydroxylation is 1. The van der Waals surface area contributed by atoms with Gasteiger partial charge in [-0.05, 0) is 106 Å². The number of nitrogens with zero attached hydrogens (tertiary/aromatic N) is 2. The number of ether oxygens (including phenoxy) is 3. The quantitative estimate of drug-likeness (QED) is 0.435. The Morgan fingerprint density at radius 3 is 2.78 bits per heavy atom. The predicted octanol–water partition coefficient (Wildman–Crippen LogP) is 4.67. The maximum atomic E-state index is 13.6. The van der Waals surface area contributed by atoms with E-state index in [4.69, 9.17) is 25.8 Å².